The van der Waals surface area contributed by atoms with Crippen molar-refractivity contribution in [1.29, 1.82) is 0 Å². The number of halogens is 2. The van der Waals surface area contributed by atoms with E-state index in [0.29, 0.717) is 21.3 Å². The van der Waals surface area contributed by atoms with E-state index in [1.807, 2.05) is 48.6 Å². The number of rotatable bonds is 5. The number of hydrogen-bond donors (Lipinski definition) is 2. The Bertz CT molecular complexity index is 1310. The van der Waals surface area contributed by atoms with Crippen molar-refractivity contribution in [1.82, 2.24) is 9.88 Å². The van der Waals surface area contributed by atoms with Crippen LogP contribution in [0.5, 0.6) is 0 Å². The summed E-state index contributed by atoms with van der Waals surface area (Å²) < 4.78 is 0. The molecule has 0 bridgehead atoms. The molecule has 5 rings (SSSR count). The van der Waals surface area contributed by atoms with E-state index in [4.69, 9.17) is 23.2 Å². The van der Waals surface area contributed by atoms with E-state index in [1.54, 1.807) is 18.3 Å². The third-order valence-electron chi connectivity index (χ3n) is 6.71. The number of amides is 1. The lowest BCUT2D eigenvalue weighted by molar-refractivity contribution is -0.112. The fourth-order valence-corrected chi connectivity index (χ4v) is 5.36. The molecule has 2 heterocycles. The smallest absolute Gasteiger partial charge is 0.256 e. The molecule has 0 saturated carbocycles. The monoisotopic (exact) mass is 507 g/mol. The van der Waals surface area contributed by atoms with Crippen molar-refractivity contribution in [3.8, 4) is 11.3 Å². The van der Waals surface area contributed by atoms with Gasteiger partial charge < -0.3 is 15.3 Å². The Labute approximate surface area is 215 Å². The number of carbonyl (C=O) groups excluding carboxylic acids is 1. The van der Waals surface area contributed by atoms with Crippen molar-refractivity contribution in [2.45, 2.75) is 25.4 Å². The second-order valence-electron chi connectivity index (χ2n) is 9.19. The van der Waals surface area contributed by atoms with E-state index in [-0.39, 0.29) is 17.9 Å². The quantitative estimate of drug-likeness (QED) is 0.443. The van der Waals surface area contributed by atoms with Crippen LogP contribution in [0.3, 0.4) is 0 Å². The van der Waals surface area contributed by atoms with Crippen LogP contribution in [0.2, 0.25) is 5.02 Å². The van der Waals surface area contributed by atoms with Gasteiger partial charge in [0.15, 0.2) is 0 Å². The van der Waals surface area contributed by atoms with Gasteiger partial charge in [-0.25, -0.2) is 0 Å². The molecule has 180 valence electrons. The number of carbonyl (C=O) groups is 1. The number of piperidine rings is 1. The highest BCUT2D eigenvalue weighted by molar-refractivity contribution is 6.36. The Kier molecular flexibility index (Phi) is 7.21. The first kappa shape index (κ1) is 24.0. The van der Waals surface area contributed by atoms with Gasteiger partial charge in [-0.2, -0.15) is 0 Å². The summed E-state index contributed by atoms with van der Waals surface area (Å²) in [7, 11) is 0. The van der Waals surface area contributed by atoms with Crippen LogP contribution in [0.1, 0.15) is 19.3 Å². The van der Waals surface area contributed by atoms with Crippen molar-refractivity contribution >= 4 is 45.6 Å². The summed E-state index contributed by atoms with van der Waals surface area (Å²) in [5, 5.41) is 15.8. The molecule has 1 aliphatic heterocycles. The first-order valence-electron chi connectivity index (χ1n) is 11.9. The summed E-state index contributed by atoms with van der Waals surface area (Å²) in [6.07, 6.45) is 7.86. The Balaban J connectivity index is 1.30. The molecule has 2 aliphatic rings. The van der Waals surface area contributed by atoms with Gasteiger partial charge in [0.25, 0.3) is 5.91 Å². The molecule has 5 nitrogen and oxygen atoms in total. The fraction of sp³-hybridized carbons (Fsp3) is 0.286. The van der Waals surface area contributed by atoms with Crippen LogP contribution >= 0.6 is 23.2 Å². The Morgan fingerprint density at radius 2 is 1.91 bits per heavy atom. The summed E-state index contributed by atoms with van der Waals surface area (Å²) in [4.78, 5) is 20.0. The Hall–Kier alpha value is -2.70. The summed E-state index contributed by atoms with van der Waals surface area (Å²) in [6.45, 7) is 2.67. The zero-order chi connectivity index (χ0) is 24.4. The van der Waals surface area contributed by atoms with E-state index in [1.165, 1.54) is 0 Å². The number of allylic oxidation sites excluding steroid dienone is 1. The van der Waals surface area contributed by atoms with Gasteiger partial charge in [-0.05, 0) is 54.8 Å². The first-order chi connectivity index (χ1) is 17.0. The lowest BCUT2D eigenvalue weighted by atomic mass is 9.94. The number of nitrogens with zero attached hydrogens (tertiary/aromatic N) is 2. The summed E-state index contributed by atoms with van der Waals surface area (Å²) >= 11 is 13.1. The van der Waals surface area contributed by atoms with E-state index < -0.39 is 0 Å². The van der Waals surface area contributed by atoms with Gasteiger partial charge in [0.2, 0.25) is 0 Å². The molecule has 2 aromatic carbocycles. The van der Waals surface area contributed by atoms with Gasteiger partial charge in [0, 0.05) is 47.5 Å². The van der Waals surface area contributed by atoms with Gasteiger partial charge in [-0.3, -0.25) is 9.78 Å². The van der Waals surface area contributed by atoms with Gasteiger partial charge in [-0.1, -0.05) is 59.6 Å². The molecule has 1 amide bonds. The molecule has 1 aliphatic carbocycles. The standard InChI is InChI=1S/C28H27Cl2N3O2/c29-25-8-6-20(16-24(25)27-22-4-2-1-3-19(22)9-12-31-27)32-28(35)23-7-5-18(15-26(23)30)17-33-13-10-21(34)11-14-33/h1-4,6-9,12,15-16,18,21,34H,5,10-11,13-14,17H2,(H,32,35). The Morgan fingerprint density at radius 3 is 2.71 bits per heavy atom. The summed E-state index contributed by atoms with van der Waals surface area (Å²) in [5.74, 6) is 0.0128. The number of aliphatic hydroxyl groups excluding tert-OH is 1. The van der Waals surface area contributed by atoms with Crippen molar-refractivity contribution in [2.75, 3.05) is 25.0 Å². The predicted octanol–water partition coefficient (Wildman–Crippen LogP) is 6.02. The van der Waals surface area contributed by atoms with Crippen LogP contribution in [0.25, 0.3) is 22.0 Å². The second-order valence-corrected chi connectivity index (χ2v) is 10.0. The average molecular weight is 508 g/mol. The minimum atomic E-state index is -0.245. The maximum atomic E-state index is 13.1. The number of aromatic nitrogens is 1. The van der Waals surface area contributed by atoms with Crippen LogP contribution in [0.4, 0.5) is 5.69 Å². The van der Waals surface area contributed by atoms with Crippen molar-refractivity contribution in [3.63, 3.8) is 0 Å². The number of anilines is 1. The maximum absolute atomic E-state index is 13.1. The SMILES string of the molecule is O=C(Nc1ccc(Cl)c(-c2nccc3ccccc23)c1)C1=CCC(CN2CCC(O)CC2)C=C1Cl. The van der Waals surface area contributed by atoms with E-state index in [2.05, 4.69) is 15.2 Å². The van der Waals surface area contributed by atoms with Crippen LogP contribution in [0.15, 0.2) is 77.5 Å². The second kappa shape index (κ2) is 10.5. The van der Waals surface area contributed by atoms with Gasteiger partial charge in [0.1, 0.15) is 0 Å². The zero-order valence-corrected chi connectivity index (χ0v) is 20.8. The molecule has 1 unspecified atom stereocenters. The highest BCUT2D eigenvalue weighted by Gasteiger charge is 2.24. The van der Waals surface area contributed by atoms with Gasteiger partial charge in [0.05, 0.1) is 22.4 Å². The molecule has 1 saturated heterocycles. The number of likely N-dealkylation sites (tertiary alicyclic amines) is 1. The predicted molar refractivity (Wildman–Crippen MR) is 143 cm³/mol. The molecule has 35 heavy (non-hydrogen) atoms. The third-order valence-corrected chi connectivity index (χ3v) is 7.37. The molecular formula is C28H27Cl2N3O2. The highest BCUT2D eigenvalue weighted by Crippen LogP contribution is 2.34. The van der Waals surface area contributed by atoms with E-state index in [0.717, 1.165) is 60.9 Å². The van der Waals surface area contributed by atoms with Crippen LogP contribution in [-0.2, 0) is 4.79 Å². The fourth-order valence-electron chi connectivity index (χ4n) is 4.81. The lowest BCUT2D eigenvalue weighted by Gasteiger charge is -2.32. The van der Waals surface area contributed by atoms with Gasteiger partial charge >= 0.3 is 0 Å². The normalized spacial score (nSPS) is 19.3. The first-order valence-corrected chi connectivity index (χ1v) is 12.7. The Morgan fingerprint density at radius 1 is 1.11 bits per heavy atom. The largest absolute Gasteiger partial charge is 0.393 e. The third kappa shape index (κ3) is 5.44. The molecule has 1 atom stereocenters. The molecular weight excluding hydrogens is 481 g/mol. The van der Waals surface area contributed by atoms with Crippen LogP contribution < -0.4 is 5.32 Å². The number of pyridine rings is 1. The summed E-state index contributed by atoms with van der Waals surface area (Å²) in [5.41, 5.74) is 2.64. The summed E-state index contributed by atoms with van der Waals surface area (Å²) in [6, 6.07) is 15.4. The molecule has 1 aromatic heterocycles. The van der Waals surface area contributed by atoms with Crippen molar-refractivity contribution in [3.05, 3.63) is 82.5 Å². The van der Waals surface area contributed by atoms with Crippen molar-refractivity contribution in [2.24, 2.45) is 5.92 Å². The average Bonchev–Trinajstić information content (AvgIpc) is 2.86. The van der Waals surface area contributed by atoms with Gasteiger partial charge in [-0.15, -0.1) is 0 Å². The maximum Gasteiger partial charge on any atom is 0.256 e. The molecule has 2 N–H and O–H groups in total. The van der Waals surface area contributed by atoms with Crippen LogP contribution in [-0.4, -0.2) is 46.6 Å². The minimum absolute atomic E-state index is 0.184. The number of aliphatic hydroxyl groups is 1. The molecule has 0 radical (unpaired) electrons. The number of fused-ring (bicyclic) bond motifs is 1. The van der Waals surface area contributed by atoms with E-state index in [9.17, 15) is 9.90 Å². The van der Waals surface area contributed by atoms with Crippen LogP contribution in [0, 0.1) is 5.92 Å². The molecule has 1 fully saturated rings. The molecule has 0 spiro atoms. The topological polar surface area (TPSA) is 65.5 Å². The number of nitrogens with one attached hydrogen (secondary N) is 1. The lowest BCUT2D eigenvalue weighted by Crippen LogP contribution is -2.38. The van der Waals surface area contributed by atoms with Crippen molar-refractivity contribution < 1.29 is 9.90 Å². The minimum Gasteiger partial charge on any atom is -0.393 e. The molecule has 3 aromatic rings. The number of hydrogen-bond acceptors (Lipinski definition) is 4. The van der Waals surface area contributed by atoms with E-state index >= 15 is 0 Å². The highest BCUT2D eigenvalue weighted by atomic mass is 35.5. The zero-order valence-electron chi connectivity index (χ0n) is 19.3. The number of benzene rings is 2. The molecule has 7 heteroatoms.